The summed E-state index contributed by atoms with van der Waals surface area (Å²) in [7, 11) is 1.33. The number of nitrogens with zero attached hydrogens (tertiary/aromatic N) is 1. The lowest BCUT2D eigenvalue weighted by atomic mass is 10.2. The van der Waals surface area contributed by atoms with E-state index in [4.69, 9.17) is 11.6 Å². The van der Waals surface area contributed by atoms with Crippen LogP contribution >= 0.6 is 11.6 Å². The molecule has 0 radical (unpaired) electrons. The average molecular weight is 313 g/mol. The van der Waals surface area contributed by atoms with Gasteiger partial charge in [-0.1, -0.05) is 17.7 Å². The van der Waals surface area contributed by atoms with Crippen molar-refractivity contribution in [2.75, 3.05) is 25.5 Å². The summed E-state index contributed by atoms with van der Waals surface area (Å²) < 4.78 is 4.64. The number of hydrogen-bond donors (Lipinski definition) is 1. The molecule has 21 heavy (non-hydrogen) atoms. The first-order chi connectivity index (χ1) is 9.85. The fraction of sp³-hybridized carbons (Fsp3) is 0.467. The Kier molecular flexibility index (Phi) is 6.65. The minimum Gasteiger partial charge on any atom is -0.468 e. The number of rotatable bonds is 6. The van der Waals surface area contributed by atoms with Gasteiger partial charge in [0.1, 0.15) is 0 Å². The molecule has 0 heterocycles. The first kappa shape index (κ1) is 17.5. The lowest BCUT2D eigenvalue weighted by molar-refractivity contribution is -0.142. The monoisotopic (exact) mass is 312 g/mol. The van der Waals surface area contributed by atoms with E-state index in [1.807, 2.05) is 20.8 Å². The average Bonchev–Trinajstić information content (AvgIpc) is 2.42. The Hall–Kier alpha value is -1.59. The molecule has 5 nitrogen and oxygen atoms in total. The number of nitrogens with one attached hydrogen (secondary N) is 1. The molecule has 0 bridgehead atoms. The second-order valence-electron chi connectivity index (χ2n) is 5.04. The molecule has 1 aromatic rings. The van der Waals surface area contributed by atoms with Crippen LogP contribution in [0.4, 0.5) is 5.69 Å². The van der Waals surface area contributed by atoms with E-state index in [0.29, 0.717) is 10.7 Å². The highest BCUT2D eigenvalue weighted by atomic mass is 35.5. The normalized spacial score (nSPS) is 10.8. The molecule has 6 heteroatoms. The standard InChI is InChI=1S/C15H21ClN2O3/c1-10(2)18(9-15(20)21-4)8-14(19)17-13-7-5-6-12(16)11(13)3/h5-7,10H,8-9H2,1-4H3,(H,17,19). The van der Waals surface area contributed by atoms with Gasteiger partial charge in [-0.05, 0) is 38.5 Å². The first-order valence-electron chi connectivity index (χ1n) is 6.71. The highest BCUT2D eigenvalue weighted by molar-refractivity contribution is 6.31. The van der Waals surface area contributed by atoms with Crippen molar-refractivity contribution in [2.45, 2.75) is 26.8 Å². The zero-order chi connectivity index (χ0) is 16.0. The van der Waals surface area contributed by atoms with Crippen LogP contribution in [0.3, 0.4) is 0 Å². The van der Waals surface area contributed by atoms with Crippen LogP contribution < -0.4 is 5.32 Å². The molecule has 0 aliphatic heterocycles. The Morgan fingerprint density at radius 2 is 2.00 bits per heavy atom. The Morgan fingerprint density at radius 3 is 2.57 bits per heavy atom. The van der Waals surface area contributed by atoms with Gasteiger partial charge in [0.05, 0.1) is 20.2 Å². The molecule has 1 rings (SSSR count). The summed E-state index contributed by atoms with van der Waals surface area (Å²) in [6.45, 7) is 5.86. The van der Waals surface area contributed by atoms with Crippen LogP contribution in [0.5, 0.6) is 0 Å². The molecule has 0 aromatic heterocycles. The summed E-state index contributed by atoms with van der Waals surface area (Å²) in [4.78, 5) is 25.2. The molecular weight excluding hydrogens is 292 g/mol. The molecule has 0 fully saturated rings. The number of anilines is 1. The molecule has 0 aliphatic rings. The number of amides is 1. The zero-order valence-electron chi connectivity index (χ0n) is 12.8. The lowest BCUT2D eigenvalue weighted by Gasteiger charge is -2.24. The van der Waals surface area contributed by atoms with Crippen LogP contribution in [0.2, 0.25) is 5.02 Å². The third kappa shape index (κ3) is 5.36. The first-order valence-corrected chi connectivity index (χ1v) is 7.08. The molecule has 1 amide bonds. The number of ether oxygens (including phenoxy) is 1. The SMILES string of the molecule is COC(=O)CN(CC(=O)Nc1cccc(Cl)c1C)C(C)C. The number of esters is 1. The van der Waals surface area contributed by atoms with Gasteiger partial charge in [-0.25, -0.2) is 0 Å². The fourth-order valence-corrected chi connectivity index (χ4v) is 1.94. The molecule has 0 atom stereocenters. The second-order valence-corrected chi connectivity index (χ2v) is 5.44. The maximum Gasteiger partial charge on any atom is 0.319 e. The highest BCUT2D eigenvalue weighted by Crippen LogP contribution is 2.22. The van der Waals surface area contributed by atoms with Crippen LogP contribution in [0.15, 0.2) is 18.2 Å². The summed E-state index contributed by atoms with van der Waals surface area (Å²) in [5.41, 5.74) is 1.49. The van der Waals surface area contributed by atoms with E-state index in [1.165, 1.54) is 7.11 Å². The number of halogens is 1. The lowest BCUT2D eigenvalue weighted by Crippen LogP contribution is -2.41. The third-order valence-corrected chi connectivity index (χ3v) is 3.59. The Balaban J connectivity index is 2.70. The van der Waals surface area contributed by atoms with Crippen molar-refractivity contribution < 1.29 is 14.3 Å². The van der Waals surface area contributed by atoms with E-state index in [9.17, 15) is 9.59 Å². The number of hydrogen-bond acceptors (Lipinski definition) is 4. The van der Waals surface area contributed by atoms with Crippen molar-refractivity contribution in [3.8, 4) is 0 Å². The topological polar surface area (TPSA) is 58.6 Å². The molecule has 1 N–H and O–H groups in total. The van der Waals surface area contributed by atoms with Crippen molar-refractivity contribution in [2.24, 2.45) is 0 Å². The number of methoxy groups -OCH3 is 1. The summed E-state index contributed by atoms with van der Waals surface area (Å²) >= 11 is 6.02. The van der Waals surface area contributed by atoms with Crippen LogP contribution in [0.1, 0.15) is 19.4 Å². The van der Waals surface area contributed by atoms with Crippen LogP contribution in [-0.4, -0.2) is 43.0 Å². The Morgan fingerprint density at radius 1 is 1.33 bits per heavy atom. The molecule has 1 aromatic carbocycles. The van der Waals surface area contributed by atoms with Crippen molar-refractivity contribution in [3.05, 3.63) is 28.8 Å². The minimum absolute atomic E-state index is 0.0512. The van der Waals surface area contributed by atoms with E-state index >= 15 is 0 Å². The zero-order valence-corrected chi connectivity index (χ0v) is 13.5. The van der Waals surface area contributed by atoms with E-state index in [-0.39, 0.29) is 31.0 Å². The molecular formula is C15H21ClN2O3. The van der Waals surface area contributed by atoms with E-state index in [1.54, 1.807) is 23.1 Å². The van der Waals surface area contributed by atoms with Gasteiger partial charge in [0, 0.05) is 16.8 Å². The predicted octanol–water partition coefficient (Wildman–Crippen LogP) is 2.47. The van der Waals surface area contributed by atoms with E-state index in [0.717, 1.165) is 5.56 Å². The molecule has 0 saturated carbocycles. The number of benzene rings is 1. The van der Waals surface area contributed by atoms with Crippen molar-refractivity contribution in [1.82, 2.24) is 4.90 Å². The summed E-state index contributed by atoms with van der Waals surface area (Å²) in [6, 6.07) is 5.39. The second kappa shape index (κ2) is 8.00. The van der Waals surface area contributed by atoms with Crippen molar-refractivity contribution >= 4 is 29.2 Å². The van der Waals surface area contributed by atoms with Gasteiger partial charge in [-0.3, -0.25) is 14.5 Å². The van der Waals surface area contributed by atoms with Crippen LogP contribution in [-0.2, 0) is 14.3 Å². The summed E-state index contributed by atoms with van der Waals surface area (Å²) in [5.74, 6) is -0.562. The number of carbonyl (C=O) groups is 2. The van der Waals surface area contributed by atoms with Crippen LogP contribution in [0, 0.1) is 6.92 Å². The van der Waals surface area contributed by atoms with Gasteiger partial charge < -0.3 is 10.1 Å². The highest BCUT2D eigenvalue weighted by Gasteiger charge is 2.18. The van der Waals surface area contributed by atoms with Gasteiger partial charge >= 0.3 is 5.97 Å². The molecule has 0 aliphatic carbocycles. The van der Waals surface area contributed by atoms with Gasteiger partial charge in [0.15, 0.2) is 0 Å². The Labute approximate surface area is 130 Å². The molecule has 0 spiro atoms. The van der Waals surface area contributed by atoms with Crippen molar-refractivity contribution in [3.63, 3.8) is 0 Å². The number of carbonyl (C=O) groups excluding carboxylic acids is 2. The Bertz CT molecular complexity index is 518. The van der Waals surface area contributed by atoms with Gasteiger partial charge in [-0.2, -0.15) is 0 Å². The van der Waals surface area contributed by atoms with E-state index < -0.39 is 0 Å². The van der Waals surface area contributed by atoms with Gasteiger partial charge in [0.25, 0.3) is 0 Å². The molecule has 0 unspecified atom stereocenters. The largest absolute Gasteiger partial charge is 0.468 e. The maximum atomic E-state index is 12.1. The maximum absolute atomic E-state index is 12.1. The smallest absolute Gasteiger partial charge is 0.319 e. The predicted molar refractivity (Wildman–Crippen MR) is 83.5 cm³/mol. The fourth-order valence-electron chi connectivity index (χ4n) is 1.77. The van der Waals surface area contributed by atoms with E-state index in [2.05, 4.69) is 10.1 Å². The van der Waals surface area contributed by atoms with Gasteiger partial charge in [0.2, 0.25) is 5.91 Å². The van der Waals surface area contributed by atoms with Crippen LogP contribution in [0.25, 0.3) is 0 Å². The molecule has 116 valence electrons. The van der Waals surface area contributed by atoms with Crippen molar-refractivity contribution in [1.29, 1.82) is 0 Å². The van der Waals surface area contributed by atoms with Gasteiger partial charge in [-0.15, -0.1) is 0 Å². The molecule has 0 saturated heterocycles. The minimum atomic E-state index is -0.365. The quantitative estimate of drug-likeness (QED) is 0.820. The summed E-state index contributed by atoms with van der Waals surface area (Å²) in [6.07, 6.45) is 0. The third-order valence-electron chi connectivity index (χ3n) is 3.18. The summed E-state index contributed by atoms with van der Waals surface area (Å²) in [5, 5.41) is 3.41.